The SMILES string of the molecule is Cc1cc(C)cc(OCCCN2CCCC(C(C)N)C2)c1. The third-order valence-electron chi connectivity index (χ3n) is 4.37. The number of piperidine rings is 1. The summed E-state index contributed by atoms with van der Waals surface area (Å²) < 4.78 is 5.88. The number of hydrogen-bond acceptors (Lipinski definition) is 3. The Morgan fingerprint density at radius 2 is 2.00 bits per heavy atom. The van der Waals surface area contributed by atoms with Crippen LogP contribution in [0.1, 0.15) is 37.3 Å². The van der Waals surface area contributed by atoms with Gasteiger partial charge in [-0.3, -0.25) is 0 Å². The van der Waals surface area contributed by atoms with E-state index in [0.29, 0.717) is 12.0 Å². The average Bonchev–Trinajstić information content (AvgIpc) is 2.43. The number of nitrogens with zero attached hydrogens (tertiary/aromatic N) is 1. The molecule has 1 aromatic rings. The van der Waals surface area contributed by atoms with Crippen molar-refractivity contribution in [3.63, 3.8) is 0 Å². The maximum atomic E-state index is 6.04. The molecule has 21 heavy (non-hydrogen) atoms. The predicted octanol–water partition coefficient (Wildman–Crippen LogP) is 3.13. The van der Waals surface area contributed by atoms with E-state index in [9.17, 15) is 0 Å². The molecule has 0 aromatic heterocycles. The third kappa shape index (κ3) is 5.33. The fraction of sp³-hybridized carbons (Fsp3) is 0.667. The molecule has 1 heterocycles. The van der Waals surface area contributed by atoms with Gasteiger partial charge in [0.1, 0.15) is 5.75 Å². The van der Waals surface area contributed by atoms with Crippen LogP contribution in [0.4, 0.5) is 0 Å². The van der Waals surface area contributed by atoms with Crippen LogP contribution in [-0.2, 0) is 0 Å². The summed E-state index contributed by atoms with van der Waals surface area (Å²) >= 11 is 0. The van der Waals surface area contributed by atoms with Crippen LogP contribution in [0.2, 0.25) is 0 Å². The summed E-state index contributed by atoms with van der Waals surface area (Å²) in [6.45, 7) is 10.6. The van der Waals surface area contributed by atoms with Crippen molar-refractivity contribution in [2.75, 3.05) is 26.2 Å². The number of nitrogens with two attached hydrogens (primary N) is 1. The highest BCUT2D eigenvalue weighted by molar-refractivity contribution is 5.32. The maximum absolute atomic E-state index is 6.04. The summed E-state index contributed by atoms with van der Waals surface area (Å²) in [7, 11) is 0. The van der Waals surface area contributed by atoms with Crippen LogP contribution in [-0.4, -0.2) is 37.2 Å². The molecule has 3 heteroatoms. The first-order chi connectivity index (χ1) is 10.0. The van der Waals surface area contributed by atoms with E-state index >= 15 is 0 Å². The second kappa shape index (κ2) is 7.81. The van der Waals surface area contributed by atoms with Crippen LogP contribution in [0.5, 0.6) is 5.75 Å². The lowest BCUT2D eigenvalue weighted by atomic mass is 9.92. The quantitative estimate of drug-likeness (QED) is 0.818. The van der Waals surface area contributed by atoms with Crippen molar-refractivity contribution < 1.29 is 4.74 Å². The van der Waals surface area contributed by atoms with Crippen molar-refractivity contribution in [1.29, 1.82) is 0 Å². The van der Waals surface area contributed by atoms with Gasteiger partial charge in [-0.1, -0.05) is 6.07 Å². The molecule has 0 radical (unpaired) electrons. The molecule has 1 aliphatic rings. The molecule has 0 bridgehead atoms. The Bertz CT molecular complexity index is 425. The fourth-order valence-corrected chi connectivity index (χ4v) is 3.22. The monoisotopic (exact) mass is 290 g/mol. The zero-order valence-corrected chi connectivity index (χ0v) is 13.8. The molecule has 118 valence electrons. The minimum atomic E-state index is 0.319. The van der Waals surface area contributed by atoms with Crippen molar-refractivity contribution in [2.24, 2.45) is 11.7 Å². The van der Waals surface area contributed by atoms with Gasteiger partial charge in [0.2, 0.25) is 0 Å². The minimum absolute atomic E-state index is 0.319. The molecule has 2 rings (SSSR count). The normalized spacial score (nSPS) is 21.2. The first kappa shape index (κ1) is 16.3. The molecule has 1 aliphatic heterocycles. The second-order valence-corrected chi connectivity index (χ2v) is 6.59. The molecule has 0 amide bonds. The van der Waals surface area contributed by atoms with Crippen molar-refractivity contribution in [1.82, 2.24) is 4.90 Å². The number of ether oxygens (including phenoxy) is 1. The van der Waals surface area contributed by atoms with Gasteiger partial charge >= 0.3 is 0 Å². The number of hydrogen-bond donors (Lipinski definition) is 1. The van der Waals surface area contributed by atoms with E-state index in [2.05, 4.69) is 43.9 Å². The summed E-state index contributed by atoms with van der Waals surface area (Å²) in [5.74, 6) is 1.67. The Balaban J connectivity index is 1.69. The summed E-state index contributed by atoms with van der Waals surface area (Å²) in [6, 6.07) is 6.72. The highest BCUT2D eigenvalue weighted by Gasteiger charge is 2.22. The smallest absolute Gasteiger partial charge is 0.119 e. The van der Waals surface area contributed by atoms with Crippen molar-refractivity contribution in [3.8, 4) is 5.75 Å². The molecule has 2 unspecified atom stereocenters. The summed E-state index contributed by atoms with van der Waals surface area (Å²) in [4.78, 5) is 2.54. The fourth-order valence-electron chi connectivity index (χ4n) is 3.22. The Morgan fingerprint density at radius 3 is 2.67 bits per heavy atom. The highest BCUT2D eigenvalue weighted by atomic mass is 16.5. The Labute approximate surface area is 129 Å². The van der Waals surface area contributed by atoms with Crippen LogP contribution in [0.15, 0.2) is 18.2 Å². The van der Waals surface area contributed by atoms with Gasteiger partial charge in [0.15, 0.2) is 0 Å². The lowest BCUT2D eigenvalue weighted by Crippen LogP contribution is -2.42. The Morgan fingerprint density at radius 1 is 1.29 bits per heavy atom. The van der Waals surface area contributed by atoms with E-state index in [4.69, 9.17) is 10.5 Å². The second-order valence-electron chi connectivity index (χ2n) is 6.59. The number of aryl methyl sites for hydroxylation is 2. The van der Waals surface area contributed by atoms with Gasteiger partial charge in [-0.2, -0.15) is 0 Å². The lowest BCUT2D eigenvalue weighted by Gasteiger charge is -2.34. The van der Waals surface area contributed by atoms with Crippen molar-refractivity contribution in [2.45, 2.75) is 46.1 Å². The zero-order chi connectivity index (χ0) is 15.2. The first-order valence-electron chi connectivity index (χ1n) is 8.23. The van der Waals surface area contributed by atoms with E-state index in [0.717, 1.165) is 31.9 Å². The van der Waals surface area contributed by atoms with Crippen molar-refractivity contribution in [3.05, 3.63) is 29.3 Å². The van der Waals surface area contributed by atoms with Gasteiger partial charge < -0.3 is 15.4 Å². The third-order valence-corrected chi connectivity index (χ3v) is 4.37. The molecule has 0 spiro atoms. The van der Waals surface area contributed by atoms with Crippen LogP contribution in [0.3, 0.4) is 0 Å². The number of likely N-dealkylation sites (tertiary alicyclic amines) is 1. The van der Waals surface area contributed by atoms with Gasteiger partial charge in [0, 0.05) is 19.1 Å². The highest BCUT2D eigenvalue weighted by Crippen LogP contribution is 2.19. The van der Waals surface area contributed by atoms with E-state index in [1.165, 1.54) is 30.5 Å². The van der Waals surface area contributed by atoms with E-state index in [1.807, 2.05) is 0 Å². The largest absolute Gasteiger partial charge is 0.494 e. The molecule has 0 aliphatic carbocycles. The van der Waals surface area contributed by atoms with Gasteiger partial charge in [0.25, 0.3) is 0 Å². The van der Waals surface area contributed by atoms with E-state index < -0.39 is 0 Å². The molecular weight excluding hydrogens is 260 g/mol. The Hall–Kier alpha value is -1.06. The number of rotatable bonds is 6. The summed E-state index contributed by atoms with van der Waals surface area (Å²) in [6.07, 6.45) is 3.65. The molecule has 2 atom stereocenters. The molecule has 1 aromatic carbocycles. The Kier molecular flexibility index (Phi) is 6.07. The summed E-state index contributed by atoms with van der Waals surface area (Å²) in [5.41, 5.74) is 8.57. The van der Waals surface area contributed by atoms with Crippen LogP contribution in [0.25, 0.3) is 0 Å². The summed E-state index contributed by atoms with van der Waals surface area (Å²) in [5, 5.41) is 0. The molecular formula is C18H30N2O. The topological polar surface area (TPSA) is 38.5 Å². The molecule has 2 N–H and O–H groups in total. The maximum Gasteiger partial charge on any atom is 0.119 e. The van der Waals surface area contributed by atoms with E-state index in [1.54, 1.807) is 0 Å². The molecule has 1 saturated heterocycles. The number of benzene rings is 1. The van der Waals surface area contributed by atoms with Crippen LogP contribution >= 0.6 is 0 Å². The van der Waals surface area contributed by atoms with Gasteiger partial charge in [-0.05, 0) is 75.8 Å². The van der Waals surface area contributed by atoms with Gasteiger partial charge in [-0.15, -0.1) is 0 Å². The first-order valence-corrected chi connectivity index (χ1v) is 8.23. The van der Waals surface area contributed by atoms with Gasteiger partial charge in [0.05, 0.1) is 6.61 Å². The molecule has 1 fully saturated rings. The van der Waals surface area contributed by atoms with Crippen molar-refractivity contribution >= 4 is 0 Å². The minimum Gasteiger partial charge on any atom is -0.494 e. The van der Waals surface area contributed by atoms with Crippen LogP contribution < -0.4 is 10.5 Å². The van der Waals surface area contributed by atoms with Gasteiger partial charge in [-0.25, -0.2) is 0 Å². The predicted molar refractivity (Wildman–Crippen MR) is 88.8 cm³/mol. The lowest BCUT2D eigenvalue weighted by molar-refractivity contribution is 0.151. The molecule has 0 saturated carbocycles. The molecule has 3 nitrogen and oxygen atoms in total. The van der Waals surface area contributed by atoms with E-state index in [-0.39, 0.29) is 0 Å². The average molecular weight is 290 g/mol. The standard InChI is InChI=1S/C18H30N2O/c1-14-10-15(2)12-18(11-14)21-9-5-8-20-7-4-6-17(13-20)16(3)19/h10-12,16-17H,4-9,13,19H2,1-3H3. The van der Waals surface area contributed by atoms with Crippen LogP contribution in [0, 0.1) is 19.8 Å². The zero-order valence-electron chi connectivity index (χ0n) is 13.8.